The van der Waals surface area contributed by atoms with Crippen molar-refractivity contribution in [3.05, 3.63) is 72.3 Å². The maximum absolute atomic E-state index is 11.7. The Kier molecular flexibility index (Phi) is 3.86. The summed E-state index contributed by atoms with van der Waals surface area (Å²) in [7, 11) is 1.58. The molecule has 0 saturated carbocycles. The van der Waals surface area contributed by atoms with Crippen molar-refractivity contribution in [2.24, 2.45) is 0 Å². The zero-order valence-electron chi connectivity index (χ0n) is 10.00. The van der Waals surface area contributed by atoms with E-state index < -0.39 is 0 Å². The second kappa shape index (κ2) is 5.77. The van der Waals surface area contributed by atoms with Crippen molar-refractivity contribution in [1.82, 2.24) is 0 Å². The molecule has 18 heavy (non-hydrogen) atoms. The van der Waals surface area contributed by atoms with Crippen LogP contribution in [-0.4, -0.2) is 13.1 Å². The first-order valence-corrected chi connectivity index (χ1v) is 5.53. The smallest absolute Gasteiger partial charge is 0.331 e. The van der Waals surface area contributed by atoms with Crippen LogP contribution in [0.4, 0.5) is 0 Å². The van der Waals surface area contributed by atoms with Crippen LogP contribution in [0.3, 0.4) is 0 Å². The quantitative estimate of drug-likeness (QED) is 0.609. The largest absolute Gasteiger partial charge is 0.497 e. The Morgan fingerprint density at radius 1 is 1.00 bits per heavy atom. The Bertz CT molecular complexity index is 503. The van der Waals surface area contributed by atoms with Crippen LogP contribution in [0.2, 0.25) is 0 Å². The number of carbonyl (C=O) groups is 1. The van der Waals surface area contributed by atoms with Gasteiger partial charge in [-0.2, -0.15) is 17.7 Å². The van der Waals surface area contributed by atoms with Gasteiger partial charge in [-0.25, -0.2) is 4.79 Å². The number of methoxy groups -OCH3 is 1. The summed E-state index contributed by atoms with van der Waals surface area (Å²) in [5.74, 6) is 0.320. The summed E-state index contributed by atoms with van der Waals surface area (Å²) in [6, 6.07) is 16.2. The molecule has 92 valence electrons. The van der Waals surface area contributed by atoms with Gasteiger partial charge in [0.1, 0.15) is 5.75 Å². The van der Waals surface area contributed by atoms with Crippen molar-refractivity contribution >= 4 is 5.97 Å². The minimum Gasteiger partial charge on any atom is -0.497 e. The van der Waals surface area contributed by atoms with Crippen LogP contribution in [-0.2, 0) is 4.74 Å². The fourth-order valence-electron chi connectivity index (χ4n) is 1.45. The van der Waals surface area contributed by atoms with Gasteiger partial charge < -0.3 is 9.47 Å². The van der Waals surface area contributed by atoms with Gasteiger partial charge in [-0.15, -0.1) is 12.1 Å². The molecule has 0 amide bonds. The molecule has 2 aromatic carbocycles. The van der Waals surface area contributed by atoms with E-state index in [0.717, 1.165) is 5.56 Å². The summed E-state index contributed by atoms with van der Waals surface area (Å²) in [4.78, 5) is 11.7. The molecule has 0 saturated heterocycles. The number of esters is 1. The Morgan fingerprint density at radius 2 is 1.67 bits per heavy atom. The third kappa shape index (κ3) is 3.04. The van der Waals surface area contributed by atoms with Crippen LogP contribution in [0.15, 0.2) is 54.6 Å². The van der Waals surface area contributed by atoms with Crippen molar-refractivity contribution in [3.63, 3.8) is 0 Å². The van der Waals surface area contributed by atoms with E-state index in [9.17, 15) is 4.79 Å². The fraction of sp³-hybridized carbons (Fsp3) is 0.0667. The van der Waals surface area contributed by atoms with Crippen molar-refractivity contribution in [1.29, 1.82) is 0 Å². The van der Waals surface area contributed by atoms with E-state index in [1.54, 1.807) is 31.4 Å². The zero-order valence-corrected chi connectivity index (χ0v) is 10.00. The number of benzene rings is 2. The van der Waals surface area contributed by atoms with E-state index in [-0.39, 0.29) is 5.97 Å². The number of ether oxygens (including phenoxy) is 2. The number of rotatable bonds is 4. The Labute approximate surface area is 106 Å². The lowest BCUT2D eigenvalue weighted by atomic mass is 10.2. The van der Waals surface area contributed by atoms with Crippen LogP contribution in [0.5, 0.6) is 5.75 Å². The van der Waals surface area contributed by atoms with E-state index in [1.807, 2.05) is 30.3 Å². The monoisotopic (exact) mass is 241 g/mol. The van der Waals surface area contributed by atoms with E-state index in [0.29, 0.717) is 11.3 Å². The van der Waals surface area contributed by atoms with Crippen LogP contribution in [0, 0.1) is 6.61 Å². The van der Waals surface area contributed by atoms with Gasteiger partial charge in [0.2, 0.25) is 0 Å². The highest BCUT2D eigenvalue weighted by molar-refractivity contribution is 5.89. The highest BCUT2D eigenvalue weighted by atomic mass is 16.5. The van der Waals surface area contributed by atoms with E-state index in [2.05, 4.69) is 0 Å². The number of carbonyl (C=O) groups excluding carboxylic acids is 1. The van der Waals surface area contributed by atoms with Crippen LogP contribution >= 0.6 is 0 Å². The molecular formula is C15H13O3-. The lowest BCUT2D eigenvalue weighted by Crippen LogP contribution is -2.03. The van der Waals surface area contributed by atoms with Crippen LogP contribution in [0.25, 0.3) is 0 Å². The second-order valence-corrected chi connectivity index (χ2v) is 3.66. The highest BCUT2D eigenvalue weighted by Crippen LogP contribution is 2.13. The molecule has 0 radical (unpaired) electrons. The molecule has 3 heteroatoms. The first-order valence-electron chi connectivity index (χ1n) is 5.53. The first-order chi connectivity index (χ1) is 8.79. The molecule has 0 aromatic heterocycles. The Balaban J connectivity index is 1.95. The minimum atomic E-state index is -0.387. The van der Waals surface area contributed by atoms with E-state index in [1.165, 1.54) is 6.61 Å². The van der Waals surface area contributed by atoms with Crippen LogP contribution < -0.4 is 4.74 Å². The number of hydrogen-bond acceptors (Lipinski definition) is 3. The van der Waals surface area contributed by atoms with Crippen molar-refractivity contribution < 1.29 is 14.3 Å². The molecule has 0 fully saturated rings. The van der Waals surface area contributed by atoms with Gasteiger partial charge in [0.05, 0.1) is 12.7 Å². The molecule has 0 aliphatic rings. The topological polar surface area (TPSA) is 35.5 Å². The van der Waals surface area contributed by atoms with Gasteiger partial charge in [-0.3, -0.25) is 0 Å². The molecule has 0 bridgehead atoms. The molecule has 0 N–H and O–H groups in total. The average molecular weight is 241 g/mol. The van der Waals surface area contributed by atoms with Crippen molar-refractivity contribution in [2.45, 2.75) is 0 Å². The molecule has 3 nitrogen and oxygen atoms in total. The Morgan fingerprint density at radius 3 is 2.28 bits per heavy atom. The lowest BCUT2D eigenvalue weighted by Gasteiger charge is -2.11. The zero-order chi connectivity index (χ0) is 12.8. The molecule has 0 heterocycles. The first kappa shape index (κ1) is 12.0. The fourth-order valence-corrected chi connectivity index (χ4v) is 1.45. The predicted octanol–water partition coefficient (Wildman–Crippen LogP) is 3.06. The standard InChI is InChI=1S/C15H13O3/c1-17-14-9-7-13(8-10-14)15(16)18-11-12-5-3-2-4-6-12/h2-11H,1H3/q-1. The Hall–Kier alpha value is -2.42. The second-order valence-electron chi connectivity index (χ2n) is 3.66. The maximum atomic E-state index is 11.7. The molecule has 0 atom stereocenters. The highest BCUT2D eigenvalue weighted by Gasteiger charge is 2.04. The van der Waals surface area contributed by atoms with E-state index in [4.69, 9.17) is 9.47 Å². The molecule has 2 rings (SSSR count). The lowest BCUT2D eigenvalue weighted by molar-refractivity contribution is 0.0621. The summed E-state index contributed by atoms with van der Waals surface area (Å²) in [6.07, 6.45) is 0. The molecular weight excluding hydrogens is 228 g/mol. The summed E-state index contributed by atoms with van der Waals surface area (Å²) >= 11 is 0. The minimum absolute atomic E-state index is 0.387. The van der Waals surface area contributed by atoms with Gasteiger partial charge >= 0.3 is 5.97 Å². The molecule has 0 spiro atoms. The van der Waals surface area contributed by atoms with Crippen LogP contribution in [0.1, 0.15) is 15.9 Å². The van der Waals surface area contributed by atoms with Gasteiger partial charge in [0, 0.05) is 0 Å². The molecule has 2 aromatic rings. The third-order valence-corrected chi connectivity index (χ3v) is 2.43. The molecule has 0 aliphatic carbocycles. The van der Waals surface area contributed by atoms with Gasteiger partial charge in [0.25, 0.3) is 0 Å². The summed E-state index contributed by atoms with van der Waals surface area (Å²) in [6.45, 7) is 1.44. The van der Waals surface area contributed by atoms with E-state index >= 15 is 0 Å². The summed E-state index contributed by atoms with van der Waals surface area (Å²) < 4.78 is 10.1. The van der Waals surface area contributed by atoms with Gasteiger partial charge in [-0.1, -0.05) is 6.07 Å². The maximum Gasteiger partial charge on any atom is 0.331 e. The average Bonchev–Trinajstić information content (AvgIpc) is 2.46. The van der Waals surface area contributed by atoms with Crippen molar-refractivity contribution in [3.8, 4) is 5.75 Å². The summed E-state index contributed by atoms with van der Waals surface area (Å²) in [5, 5.41) is 0. The molecule has 0 aliphatic heterocycles. The normalized spacial score (nSPS) is 9.61. The summed E-state index contributed by atoms with van der Waals surface area (Å²) in [5.41, 5.74) is 1.34. The molecule has 0 unspecified atom stereocenters. The SMILES string of the molecule is COc1ccc(C(=O)O[CH-]c2ccccc2)cc1. The van der Waals surface area contributed by atoms with Crippen molar-refractivity contribution in [2.75, 3.05) is 7.11 Å². The van der Waals surface area contributed by atoms with Gasteiger partial charge in [-0.05, 0) is 30.9 Å². The third-order valence-electron chi connectivity index (χ3n) is 2.43. The predicted molar refractivity (Wildman–Crippen MR) is 68.3 cm³/mol. The number of hydrogen-bond donors (Lipinski definition) is 0. The van der Waals surface area contributed by atoms with Gasteiger partial charge in [0.15, 0.2) is 0 Å².